The van der Waals surface area contributed by atoms with Crippen molar-refractivity contribution in [3.8, 4) is 0 Å². The lowest BCUT2D eigenvalue weighted by Gasteiger charge is -2.03. The van der Waals surface area contributed by atoms with Crippen LogP contribution in [0.3, 0.4) is 0 Å². The number of rotatable bonds is 0. The van der Waals surface area contributed by atoms with Crippen molar-refractivity contribution in [1.29, 1.82) is 0 Å². The van der Waals surface area contributed by atoms with Gasteiger partial charge in [-0.3, -0.25) is 0 Å². The van der Waals surface area contributed by atoms with E-state index in [1.165, 1.54) is 0 Å². The SMILES string of the molecule is FC(F)(F)c1cnc2oc(C(F)(F)F)nc2c1. The molecular formula is C8H2F6N2O. The van der Waals surface area contributed by atoms with Crippen LogP contribution in [0.1, 0.15) is 11.5 Å². The molecule has 0 aliphatic carbocycles. The molecule has 0 N–H and O–H groups in total. The van der Waals surface area contributed by atoms with Gasteiger partial charge in [0, 0.05) is 6.20 Å². The molecule has 0 saturated heterocycles. The molecule has 2 rings (SSSR count). The van der Waals surface area contributed by atoms with Crippen LogP contribution in [0.15, 0.2) is 16.7 Å². The molecule has 0 bridgehead atoms. The second kappa shape index (κ2) is 3.34. The number of oxazole rings is 1. The number of nitrogens with zero attached hydrogens (tertiary/aromatic N) is 2. The summed E-state index contributed by atoms with van der Waals surface area (Å²) in [6.45, 7) is 0. The van der Waals surface area contributed by atoms with Gasteiger partial charge in [0.25, 0.3) is 0 Å². The molecule has 17 heavy (non-hydrogen) atoms. The van der Waals surface area contributed by atoms with E-state index >= 15 is 0 Å². The minimum absolute atomic E-state index is 0.383. The monoisotopic (exact) mass is 256 g/mol. The lowest BCUT2D eigenvalue weighted by Crippen LogP contribution is -2.05. The molecule has 9 heteroatoms. The van der Waals surface area contributed by atoms with Gasteiger partial charge in [-0.15, -0.1) is 0 Å². The maximum atomic E-state index is 12.2. The molecule has 0 saturated carbocycles. The molecule has 0 aromatic carbocycles. The average Bonchev–Trinajstić information content (AvgIpc) is 2.57. The Morgan fingerprint density at radius 1 is 1.00 bits per heavy atom. The summed E-state index contributed by atoms with van der Waals surface area (Å²) in [5.41, 5.74) is -2.37. The molecular weight excluding hydrogens is 254 g/mol. The standard InChI is InChI=1S/C8H2F6N2O/c9-7(10,11)3-1-4-5(15-2-3)17-6(16-4)8(12,13)14/h1-2H. The topological polar surface area (TPSA) is 38.9 Å². The van der Waals surface area contributed by atoms with Gasteiger partial charge in [0.05, 0.1) is 5.56 Å². The molecule has 3 nitrogen and oxygen atoms in total. The molecule has 2 aromatic rings. The quantitative estimate of drug-likeness (QED) is 0.679. The van der Waals surface area contributed by atoms with Gasteiger partial charge in [0.2, 0.25) is 5.71 Å². The number of halogens is 6. The van der Waals surface area contributed by atoms with Gasteiger partial charge >= 0.3 is 18.2 Å². The maximum absolute atomic E-state index is 12.2. The number of hydrogen-bond acceptors (Lipinski definition) is 3. The Morgan fingerprint density at radius 3 is 2.18 bits per heavy atom. The van der Waals surface area contributed by atoms with Crippen LogP contribution in [-0.4, -0.2) is 9.97 Å². The van der Waals surface area contributed by atoms with Crippen LogP contribution in [0.4, 0.5) is 26.3 Å². The van der Waals surface area contributed by atoms with Gasteiger partial charge in [-0.05, 0) is 6.07 Å². The van der Waals surface area contributed by atoms with Gasteiger partial charge in [-0.2, -0.15) is 26.3 Å². The fourth-order valence-electron chi connectivity index (χ4n) is 1.10. The second-order valence-electron chi connectivity index (χ2n) is 3.06. The van der Waals surface area contributed by atoms with E-state index in [4.69, 9.17) is 0 Å². The molecule has 92 valence electrons. The predicted octanol–water partition coefficient (Wildman–Crippen LogP) is 3.26. The molecule has 0 amide bonds. The molecule has 2 heterocycles. The number of aromatic nitrogens is 2. The highest BCUT2D eigenvalue weighted by molar-refractivity contribution is 5.68. The van der Waals surface area contributed by atoms with Crippen LogP contribution < -0.4 is 0 Å². The van der Waals surface area contributed by atoms with Crippen molar-refractivity contribution in [3.63, 3.8) is 0 Å². The predicted molar refractivity (Wildman–Crippen MR) is 41.8 cm³/mol. The van der Waals surface area contributed by atoms with Crippen LogP contribution >= 0.6 is 0 Å². The van der Waals surface area contributed by atoms with E-state index in [2.05, 4.69) is 14.4 Å². The van der Waals surface area contributed by atoms with Gasteiger partial charge < -0.3 is 4.42 Å². The zero-order chi connectivity index (χ0) is 12.8. The zero-order valence-electron chi connectivity index (χ0n) is 7.73. The fourth-order valence-corrected chi connectivity index (χ4v) is 1.10. The zero-order valence-corrected chi connectivity index (χ0v) is 7.73. The molecule has 0 aliphatic rings. The smallest absolute Gasteiger partial charge is 0.414 e. The minimum Gasteiger partial charge on any atom is -0.414 e. The van der Waals surface area contributed by atoms with E-state index in [0.717, 1.165) is 0 Å². The summed E-state index contributed by atoms with van der Waals surface area (Å²) in [7, 11) is 0. The Kier molecular flexibility index (Phi) is 2.30. The van der Waals surface area contributed by atoms with E-state index in [1.807, 2.05) is 0 Å². The van der Waals surface area contributed by atoms with Crippen LogP contribution in [0.25, 0.3) is 11.2 Å². The number of hydrogen-bond donors (Lipinski definition) is 0. The summed E-state index contributed by atoms with van der Waals surface area (Å²) in [4.78, 5) is 6.04. The Bertz CT molecular complexity index is 543. The molecule has 0 atom stereocenters. The summed E-state index contributed by atoms with van der Waals surface area (Å²) in [5, 5.41) is 0. The van der Waals surface area contributed by atoms with Crippen molar-refractivity contribution in [2.45, 2.75) is 12.4 Å². The van der Waals surface area contributed by atoms with Crippen molar-refractivity contribution in [3.05, 3.63) is 23.7 Å². The third-order valence-electron chi connectivity index (χ3n) is 1.82. The summed E-state index contributed by atoms with van der Waals surface area (Å²) < 4.78 is 77.4. The highest BCUT2D eigenvalue weighted by atomic mass is 19.4. The van der Waals surface area contributed by atoms with Gasteiger partial charge in [-0.25, -0.2) is 9.97 Å². The summed E-state index contributed by atoms with van der Waals surface area (Å²) in [6, 6.07) is 0.446. The first-order valence-electron chi connectivity index (χ1n) is 4.09. The second-order valence-corrected chi connectivity index (χ2v) is 3.06. The van der Waals surface area contributed by atoms with Crippen molar-refractivity contribution in [2.24, 2.45) is 0 Å². The van der Waals surface area contributed by atoms with E-state index in [9.17, 15) is 26.3 Å². The Hall–Kier alpha value is -1.80. The van der Waals surface area contributed by atoms with Crippen LogP contribution in [-0.2, 0) is 12.4 Å². The summed E-state index contributed by atoms with van der Waals surface area (Å²) >= 11 is 0. The van der Waals surface area contributed by atoms with Crippen LogP contribution in [0.5, 0.6) is 0 Å². The fraction of sp³-hybridized carbons (Fsp3) is 0.250. The first-order chi connectivity index (χ1) is 7.68. The van der Waals surface area contributed by atoms with Crippen molar-refractivity contribution >= 4 is 11.2 Å². The minimum atomic E-state index is -4.86. The number of alkyl halides is 6. The highest BCUT2D eigenvalue weighted by Gasteiger charge is 2.38. The summed E-state index contributed by atoms with van der Waals surface area (Å²) in [6.07, 6.45) is -9.18. The van der Waals surface area contributed by atoms with E-state index < -0.39 is 35.0 Å². The molecule has 2 aromatic heterocycles. The van der Waals surface area contributed by atoms with Crippen LogP contribution in [0, 0.1) is 0 Å². The van der Waals surface area contributed by atoms with Gasteiger partial charge in [0.1, 0.15) is 5.52 Å². The average molecular weight is 256 g/mol. The van der Waals surface area contributed by atoms with E-state index in [0.29, 0.717) is 12.3 Å². The molecule has 0 radical (unpaired) electrons. The molecule has 0 aliphatic heterocycles. The van der Waals surface area contributed by atoms with Crippen molar-refractivity contribution < 1.29 is 30.8 Å². The van der Waals surface area contributed by atoms with Crippen molar-refractivity contribution in [1.82, 2.24) is 9.97 Å². The number of fused-ring (bicyclic) bond motifs is 1. The largest absolute Gasteiger partial charge is 0.469 e. The lowest BCUT2D eigenvalue weighted by atomic mass is 10.3. The third-order valence-corrected chi connectivity index (χ3v) is 1.82. The normalized spacial score (nSPS) is 13.3. The van der Waals surface area contributed by atoms with E-state index in [1.54, 1.807) is 0 Å². The Morgan fingerprint density at radius 2 is 1.65 bits per heavy atom. The lowest BCUT2D eigenvalue weighted by molar-refractivity contribution is -0.156. The molecule has 0 spiro atoms. The van der Waals surface area contributed by atoms with Gasteiger partial charge in [0.15, 0.2) is 0 Å². The maximum Gasteiger partial charge on any atom is 0.469 e. The van der Waals surface area contributed by atoms with E-state index in [-0.39, 0.29) is 0 Å². The Balaban J connectivity index is 2.56. The number of pyridine rings is 1. The summed E-state index contributed by atoms with van der Waals surface area (Å²) in [5.74, 6) is -1.63. The highest BCUT2D eigenvalue weighted by Crippen LogP contribution is 2.33. The van der Waals surface area contributed by atoms with Crippen LogP contribution in [0.2, 0.25) is 0 Å². The first-order valence-corrected chi connectivity index (χ1v) is 4.09. The van der Waals surface area contributed by atoms with Crippen molar-refractivity contribution in [2.75, 3.05) is 0 Å². The Labute approximate surface area is 89.1 Å². The van der Waals surface area contributed by atoms with Gasteiger partial charge in [-0.1, -0.05) is 0 Å². The first kappa shape index (κ1) is 11.7. The molecule has 0 unspecified atom stereocenters. The molecule has 0 fully saturated rings. The third kappa shape index (κ3) is 2.17.